The van der Waals surface area contributed by atoms with Crippen molar-refractivity contribution in [1.82, 2.24) is 9.88 Å². The SMILES string of the molecule is CCOc1ccc(C2=CC3COCC(C2)N3C(=O)OC(C)(C)C)cn1. The van der Waals surface area contributed by atoms with E-state index in [1.54, 1.807) is 0 Å². The molecule has 6 heteroatoms. The maximum Gasteiger partial charge on any atom is 0.411 e. The Morgan fingerprint density at radius 2 is 2.16 bits per heavy atom. The summed E-state index contributed by atoms with van der Waals surface area (Å²) in [5, 5.41) is 0. The number of morpholine rings is 1. The summed E-state index contributed by atoms with van der Waals surface area (Å²) >= 11 is 0. The average molecular weight is 346 g/mol. The molecule has 1 aromatic rings. The molecule has 2 aliphatic heterocycles. The number of ether oxygens (including phenoxy) is 3. The first kappa shape index (κ1) is 17.7. The molecule has 0 aliphatic carbocycles. The number of hydrogen-bond acceptors (Lipinski definition) is 5. The molecule has 1 aromatic heterocycles. The second kappa shape index (κ2) is 7.04. The summed E-state index contributed by atoms with van der Waals surface area (Å²) in [5.74, 6) is 0.626. The maximum atomic E-state index is 12.6. The zero-order valence-corrected chi connectivity index (χ0v) is 15.3. The first-order valence-corrected chi connectivity index (χ1v) is 8.76. The van der Waals surface area contributed by atoms with Crippen molar-refractivity contribution in [2.24, 2.45) is 0 Å². The Morgan fingerprint density at radius 1 is 1.36 bits per heavy atom. The summed E-state index contributed by atoms with van der Waals surface area (Å²) in [6.45, 7) is 9.20. The van der Waals surface area contributed by atoms with E-state index in [0.29, 0.717) is 25.7 Å². The number of carbonyl (C=O) groups is 1. The monoisotopic (exact) mass is 346 g/mol. The van der Waals surface area contributed by atoms with Gasteiger partial charge in [-0.05, 0) is 51.3 Å². The van der Waals surface area contributed by atoms with Crippen LogP contribution in [0.1, 0.15) is 39.7 Å². The third kappa shape index (κ3) is 4.12. The molecule has 3 rings (SSSR count). The van der Waals surface area contributed by atoms with E-state index < -0.39 is 5.60 Å². The van der Waals surface area contributed by atoms with Gasteiger partial charge in [-0.15, -0.1) is 0 Å². The number of hydrogen-bond donors (Lipinski definition) is 0. The summed E-state index contributed by atoms with van der Waals surface area (Å²) in [4.78, 5) is 18.7. The summed E-state index contributed by atoms with van der Waals surface area (Å²) in [6.07, 6.45) is 4.38. The molecule has 0 radical (unpaired) electrons. The van der Waals surface area contributed by atoms with Crippen molar-refractivity contribution in [1.29, 1.82) is 0 Å². The molecular weight excluding hydrogens is 320 g/mol. The minimum atomic E-state index is -0.505. The first-order chi connectivity index (χ1) is 11.9. The largest absolute Gasteiger partial charge is 0.478 e. The second-order valence-corrected chi connectivity index (χ2v) is 7.36. The molecule has 25 heavy (non-hydrogen) atoms. The normalized spacial score (nSPS) is 23.0. The summed E-state index contributed by atoms with van der Waals surface area (Å²) in [6, 6.07) is 3.78. The van der Waals surface area contributed by atoms with Gasteiger partial charge in [-0.2, -0.15) is 0 Å². The molecule has 1 fully saturated rings. The van der Waals surface area contributed by atoms with Crippen LogP contribution in [-0.2, 0) is 9.47 Å². The lowest BCUT2D eigenvalue weighted by atomic mass is 9.91. The molecule has 2 bridgehead atoms. The predicted molar refractivity (Wildman–Crippen MR) is 94.5 cm³/mol. The van der Waals surface area contributed by atoms with E-state index in [9.17, 15) is 4.79 Å². The highest BCUT2D eigenvalue weighted by atomic mass is 16.6. The minimum Gasteiger partial charge on any atom is -0.478 e. The number of nitrogens with zero attached hydrogens (tertiary/aromatic N) is 2. The average Bonchev–Trinajstić information content (AvgIpc) is 2.53. The van der Waals surface area contributed by atoms with Gasteiger partial charge in [0.2, 0.25) is 5.88 Å². The lowest BCUT2D eigenvalue weighted by Crippen LogP contribution is -2.57. The lowest BCUT2D eigenvalue weighted by molar-refractivity contribution is -0.0510. The van der Waals surface area contributed by atoms with Crippen molar-refractivity contribution in [3.05, 3.63) is 30.0 Å². The molecular formula is C19H26N2O4. The van der Waals surface area contributed by atoms with Crippen LogP contribution < -0.4 is 4.74 Å². The summed E-state index contributed by atoms with van der Waals surface area (Å²) < 4.78 is 16.6. The molecule has 3 heterocycles. The van der Waals surface area contributed by atoms with Crippen LogP contribution in [0.25, 0.3) is 5.57 Å². The molecule has 0 saturated carbocycles. The molecule has 2 aliphatic rings. The van der Waals surface area contributed by atoms with E-state index in [0.717, 1.165) is 12.0 Å². The Kier molecular flexibility index (Phi) is 4.99. The van der Waals surface area contributed by atoms with Gasteiger partial charge in [0.1, 0.15) is 5.60 Å². The Balaban J connectivity index is 1.80. The molecule has 0 N–H and O–H groups in total. The molecule has 0 spiro atoms. The molecule has 1 amide bonds. The van der Waals surface area contributed by atoms with Crippen LogP contribution in [0, 0.1) is 0 Å². The highest BCUT2D eigenvalue weighted by Crippen LogP contribution is 2.33. The van der Waals surface area contributed by atoms with Crippen molar-refractivity contribution < 1.29 is 19.0 Å². The van der Waals surface area contributed by atoms with Gasteiger partial charge in [-0.25, -0.2) is 9.78 Å². The van der Waals surface area contributed by atoms with Gasteiger partial charge in [-0.1, -0.05) is 6.08 Å². The van der Waals surface area contributed by atoms with Crippen LogP contribution in [0.2, 0.25) is 0 Å². The fraction of sp³-hybridized carbons (Fsp3) is 0.579. The maximum absolute atomic E-state index is 12.6. The van der Waals surface area contributed by atoms with Gasteiger partial charge in [0.15, 0.2) is 0 Å². The van der Waals surface area contributed by atoms with Gasteiger partial charge in [-0.3, -0.25) is 4.90 Å². The van der Waals surface area contributed by atoms with Crippen LogP contribution in [0.3, 0.4) is 0 Å². The molecule has 2 atom stereocenters. The Labute approximate surface area is 148 Å². The van der Waals surface area contributed by atoms with Crippen LogP contribution in [0.4, 0.5) is 4.79 Å². The highest BCUT2D eigenvalue weighted by molar-refractivity contribution is 5.74. The molecule has 1 saturated heterocycles. The highest BCUT2D eigenvalue weighted by Gasteiger charge is 2.40. The Hall–Kier alpha value is -2.08. The van der Waals surface area contributed by atoms with Gasteiger partial charge >= 0.3 is 6.09 Å². The van der Waals surface area contributed by atoms with Gasteiger partial charge < -0.3 is 14.2 Å². The quantitative estimate of drug-likeness (QED) is 0.840. The topological polar surface area (TPSA) is 60.9 Å². The van der Waals surface area contributed by atoms with Crippen LogP contribution in [-0.4, -0.2) is 53.5 Å². The lowest BCUT2D eigenvalue weighted by Gasteiger charge is -2.44. The number of amides is 1. The number of rotatable bonds is 3. The van der Waals surface area contributed by atoms with Crippen LogP contribution in [0.15, 0.2) is 24.4 Å². The third-order valence-electron chi connectivity index (χ3n) is 4.20. The second-order valence-electron chi connectivity index (χ2n) is 7.36. The van der Waals surface area contributed by atoms with Crippen molar-refractivity contribution in [2.45, 2.75) is 51.8 Å². The predicted octanol–water partition coefficient (Wildman–Crippen LogP) is 3.27. The minimum absolute atomic E-state index is 0.0137. The molecule has 0 aromatic carbocycles. The van der Waals surface area contributed by atoms with Crippen molar-refractivity contribution in [2.75, 3.05) is 19.8 Å². The van der Waals surface area contributed by atoms with Crippen molar-refractivity contribution in [3.63, 3.8) is 0 Å². The standard InChI is InChI=1S/C19H26N2O4/c1-5-24-17-7-6-13(10-20-17)14-8-15-11-23-12-16(9-14)21(15)18(22)25-19(2,3)4/h6-8,10,15-16H,5,9,11-12H2,1-4H3. The van der Waals surface area contributed by atoms with Crippen LogP contribution >= 0.6 is 0 Å². The zero-order valence-electron chi connectivity index (χ0n) is 15.3. The van der Waals surface area contributed by atoms with Gasteiger partial charge in [0.25, 0.3) is 0 Å². The summed E-state index contributed by atoms with van der Waals surface area (Å²) in [5.41, 5.74) is 1.74. The number of pyridine rings is 1. The summed E-state index contributed by atoms with van der Waals surface area (Å²) in [7, 11) is 0. The smallest absolute Gasteiger partial charge is 0.411 e. The Bertz CT molecular complexity index is 648. The molecule has 2 unspecified atom stereocenters. The zero-order chi connectivity index (χ0) is 18.0. The third-order valence-corrected chi connectivity index (χ3v) is 4.20. The Morgan fingerprint density at radius 3 is 2.76 bits per heavy atom. The van der Waals surface area contributed by atoms with E-state index in [-0.39, 0.29) is 18.2 Å². The molecule has 6 nitrogen and oxygen atoms in total. The van der Waals surface area contributed by atoms with E-state index in [1.165, 1.54) is 5.57 Å². The van der Waals surface area contributed by atoms with Crippen LogP contribution in [0.5, 0.6) is 5.88 Å². The van der Waals surface area contributed by atoms with E-state index in [1.807, 2.05) is 50.9 Å². The fourth-order valence-corrected chi connectivity index (χ4v) is 3.21. The number of carbonyl (C=O) groups excluding carboxylic acids is 1. The fourth-order valence-electron chi connectivity index (χ4n) is 3.21. The first-order valence-electron chi connectivity index (χ1n) is 8.76. The van der Waals surface area contributed by atoms with Crippen molar-refractivity contribution in [3.8, 4) is 5.88 Å². The van der Waals surface area contributed by atoms with E-state index in [4.69, 9.17) is 14.2 Å². The number of fused-ring (bicyclic) bond motifs is 2. The van der Waals surface area contributed by atoms with E-state index in [2.05, 4.69) is 11.1 Å². The number of aromatic nitrogens is 1. The van der Waals surface area contributed by atoms with Gasteiger partial charge in [0, 0.05) is 12.3 Å². The van der Waals surface area contributed by atoms with Gasteiger partial charge in [0.05, 0.1) is 31.9 Å². The molecule has 136 valence electrons. The van der Waals surface area contributed by atoms with Crippen molar-refractivity contribution >= 4 is 11.7 Å². The van der Waals surface area contributed by atoms with E-state index >= 15 is 0 Å².